The Hall–Kier alpha value is -3.03. The number of nitrogens with zero attached hydrogens (tertiary/aromatic N) is 4. The molecule has 0 atom stereocenters. The normalized spacial score (nSPS) is 17.5. The molecule has 0 spiro atoms. The first-order chi connectivity index (χ1) is 17.6. The van der Waals surface area contributed by atoms with Crippen molar-refractivity contribution in [2.75, 3.05) is 50.8 Å². The Morgan fingerprint density at radius 1 is 1.00 bits per heavy atom. The van der Waals surface area contributed by atoms with E-state index in [1.165, 1.54) is 6.07 Å². The van der Waals surface area contributed by atoms with Crippen LogP contribution in [0, 0.1) is 11.7 Å². The largest absolute Gasteiger partial charge is 0.451 e. The maximum atomic E-state index is 14.4. The van der Waals surface area contributed by atoms with E-state index in [1.807, 2.05) is 18.2 Å². The average Bonchev–Trinajstić information content (AvgIpc) is 2.91. The highest BCUT2D eigenvalue weighted by atomic mass is 19.1. The van der Waals surface area contributed by atoms with Crippen molar-refractivity contribution in [3.8, 4) is 22.6 Å². The van der Waals surface area contributed by atoms with E-state index in [9.17, 15) is 4.39 Å². The lowest BCUT2D eigenvalue weighted by molar-refractivity contribution is 0.0517. The number of benzene rings is 2. The lowest BCUT2D eigenvalue weighted by Crippen LogP contribution is -2.48. The van der Waals surface area contributed by atoms with Crippen molar-refractivity contribution in [2.45, 2.75) is 32.6 Å². The average molecular weight is 491 g/mol. The smallest absolute Gasteiger partial charge is 0.188 e. The lowest BCUT2D eigenvalue weighted by Gasteiger charge is -2.38. The summed E-state index contributed by atoms with van der Waals surface area (Å²) < 4.78 is 26.3. The first-order valence-electron chi connectivity index (χ1n) is 13.0. The molecule has 0 bridgehead atoms. The monoisotopic (exact) mass is 490 g/mol. The third-order valence-electron chi connectivity index (χ3n) is 7.22. The summed E-state index contributed by atoms with van der Waals surface area (Å²) in [5, 5.41) is 0. The number of piperazine rings is 1. The fourth-order valence-corrected chi connectivity index (χ4v) is 5.22. The van der Waals surface area contributed by atoms with Crippen molar-refractivity contribution >= 4 is 5.82 Å². The maximum absolute atomic E-state index is 14.4. The molecule has 2 aliphatic heterocycles. The molecule has 0 saturated carbocycles. The van der Waals surface area contributed by atoms with E-state index >= 15 is 0 Å². The quantitative estimate of drug-likeness (QED) is 0.421. The molecular formula is C29H35FN4O2. The summed E-state index contributed by atoms with van der Waals surface area (Å²) in [6, 6.07) is 12.8. The van der Waals surface area contributed by atoms with Gasteiger partial charge in [-0.05, 0) is 54.0 Å². The number of rotatable bonds is 7. The van der Waals surface area contributed by atoms with Crippen LogP contribution in [0.4, 0.5) is 10.2 Å². The number of halogens is 1. The van der Waals surface area contributed by atoms with E-state index in [0.717, 1.165) is 87.2 Å². The summed E-state index contributed by atoms with van der Waals surface area (Å²) >= 11 is 0. The van der Waals surface area contributed by atoms with Gasteiger partial charge in [0.2, 0.25) is 0 Å². The van der Waals surface area contributed by atoms with Gasteiger partial charge >= 0.3 is 0 Å². The molecule has 36 heavy (non-hydrogen) atoms. The molecule has 6 nitrogen and oxygen atoms in total. The van der Waals surface area contributed by atoms with Crippen molar-refractivity contribution in [1.29, 1.82) is 0 Å². The molecule has 2 saturated heterocycles. The van der Waals surface area contributed by atoms with E-state index in [-0.39, 0.29) is 5.82 Å². The first-order valence-corrected chi connectivity index (χ1v) is 13.0. The fraction of sp³-hybridized carbons (Fsp3) is 0.448. The maximum Gasteiger partial charge on any atom is 0.188 e. The van der Waals surface area contributed by atoms with Gasteiger partial charge in [0, 0.05) is 51.5 Å². The minimum atomic E-state index is -0.291. The Morgan fingerprint density at radius 2 is 1.78 bits per heavy atom. The fourth-order valence-electron chi connectivity index (χ4n) is 5.22. The van der Waals surface area contributed by atoms with Crippen LogP contribution in [0.25, 0.3) is 11.1 Å². The molecule has 190 valence electrons. The van der Waals surface area contributed by atoms with E-state index in [2.05, 4.69) is 39.7 Å². The van der Waals surface area contributed by atoms with Crippen LogP contribution in [0.5, 0.6) is 11.5 Å². The lowest BCUT2D eigenvalue weighted by atomic mass is 9.92. The SMILES string of the molecule is CC(C)c1ccccc1-c1cc(F)ccc1Oc1cncnc1N1CCN(CC2CCOCC2)CC1. The Morgan fingerprint density at radius 3 is 2.56 bits per heavy atom. The topological polar surface area (TPSA) is 50.7 Å². The molecule has 2 aliphatic rings. The zero-order valence-electron chi connectivity index (χ0n) is 21.2. The Kier molecular flexibility index (Phi) is 7.78. The van der Waals surface area contributed by atoms with Gasteiger partial charge in [0.15, 0.2) is 11.6 Å². The van der Waals surface area contributed by atoms with Gasteiger partial charge < -0.3 is 14.4 Å². The van der Waals surface area contributed by atoms with Crippen molar-refractivity contribution in [2.24, 2.45) is 5.92 Å². The van der Waals surface area contributed by atoms with Gasteiger partial charge in [-0.25, -0.2) is 14.4 Å². The summed E-state index contributed by atoms with van der Waals surface area (Å²) in [5.74, 6) is 2.70. The molecule has 0 radical (unpaired) electrons. The highest BCUT2D eigenvalue weighted by Gasteiger charge is 2.25. The van der Waals surface area contributed by atoms with Crippen molar-refractivity contribution in [3.63, 3.8) is 0 Å². The summed E-state index contributed by atoms with van der Waals surface area (Å²) in [4.78, 5) is 13.6. The predicted octanol–water partition coefficient (Wildman–Crippen LogP) is 5.75. The zero-order valence-corrected chi connectivity index (χ0v) is 21.2. The molecule has 0 aliphatic carbocycles. The zero-order chi connectivity index (χ0) is 24.9. The standard InChI is InChI=1S/C29H35FN4O2/c1-21(2)24-5-3-4-6-25(24)26-17-23(30)7-8-27(26)36-28-18-31-20-32-29(28)34-13-11-33(12-14-34)19-22-9-15-35-16-10-22/h3-8,17-18,20-22H,9-16,19H2,1-2H3. The minimum absolute atomic E-state index is 0.291. The second-order valence-corrected chi connectivity index (χ2v) is 10.0. The summed E-state index contributed by atoms with van der Waals surface area (Å²) in [7, 11) is 0. The highest BCUT2D eigenvalue weighted by Crippen LogP contribution is 2.39. The van der Waals surface area contributed by atoms with Crippen LogP contribution < -0.4 is 9.64 Å². The number of aromatic nitrogens is 2. The number of hydrogen-bond donors (Lipinski definition) is 0. The summed E-state index contributed by atoms with van der Waals surface area (Å²) in [6.45, 7) is 10.9. The van der Waals surface area contributed by atoms with Crippen molar-refractivity contribution in [1.82, 2.24) is 14.9 Å². The first kappa shape index (κ1) is 24.7. The molecule has 2 aromatic carbocycles. The van der Waals surface area contributed by atoms with Crippen LogP contribution in [-0.2, 0) is 4.74 Å². The van der Waals surface area contributed by atoms with Gasteiger partial charge in [0.05, 0.1) is 6.20 Å². The van der Waals surface area contributed by atoms with Gasteiger partial charge in [-0.2, -0.15) is 0 Å². The van der Waals surface area contributed by atoms with Gasteiger partial charge in [0.1, 0.15) is 17.9 Å². The highest BCUT2D eigenvalue weighted by molar-refractivity contribution is 5.74. The summed E-state index contributed by atoms with van der Waals surface area (Å²) in [5.41, 5.74) is 2.86. The molecule has 5 rings (SSSR count). The van der Waals surface area contributed by atoms with E-state index in [1.54, 1.807) is 24.7 Å². The van der Waals surface area contributed by atoms with E-state index in [0.29, 0.717) is 17.4 Å². The number of ether oxygens (including phenoxy) is 2. The van der Waals surface area contributed by atoms with Crippen LogP contribution in [0.2, 0.25) is 0 Å². The Labute approximate surface area is 213 Å². The third kappa shape index (κ3) is 5.68. The number of anilines is 1. The summed E-state index contributed by atoms with van der Waals surface area (Å²) in [6.07, 6.45) is 5.59. The van der Waals surface area contributed by atoms with Gasteiger partial charge in [0.25, 0.3) is 0 Å². The van der Waals surface area contributed by atoms with Gasteiger partial charge in [-0.3, -0.25) is 4.90 Å². The molecule has 3 aromatic rings. The molecule has 0 unspecified atom stereocenters. The van der Waals surface area contributed by atoms with Crippen LogP contribution in [0.15, 0.2) is 55.0 Å². The van der Waals surface area contributed by atoms with Crippen LogP contribution in [0.1, 0.15) is 38.2 Å². The van der Waals surface area contributed by atoms with Gasteiger partial charge in [-0.1, -0.05) is 38.1 Å². The van der Waals surface area contributed by atoms with Crippen molar-refractivity contribution < 1.29 is 13.9 Å². The van der Waals surface area contributed by atoms with Crippen LogP contribution >= 0.6 is 0 Å². The molecule has 1 aromatic heterocycles. The predicted molar refractivity (Wildman–Crippen MR) is 140 cm³/mol. The Balaban J connectivity index is 1.35. The minimum Gasteiger partial charge on any atom is -0.451 e. The van der Waals surface area contributed by atoms with Gasteiger partial charge in [-0.15, -0.1) is 0 Å². The molecule has 3 heterocycles. The van der Waals surface area contributed by atoms with E-state index < -0.39 is 0 Å². The van der Waals surface area contributed by atoms with E-state index in [4.69, 9.17) is 9.47 Å². The molecule has 0 amide bonds. The van der Waals surface area contributed by atoms with Crippen LogP contribution in [-0.4, -0.2) is 60.8 Å². The second-order valence-electron chi connectivity index (χ2n) is 10.0. The Bertz CT molecular complexity index is 1160. The van der Waals surface area contributed by atoms with Crippen LogP contribution in [0.3, 0.4) is 0 Å². The molecule has 2 fully saturated rings. The molecule has 7 heteroatoms. The van der Waals surface area contributed by atoms with Crippen molar-refractivity contribution in [3.05, 3.63) is 66.4 Å². The second kappa shape index (κ2) is 11.4. The number of hydrogen-bond acceptors (Lipinski definition) is 6. The molecular weight excluding hydrogens is 455 g/mol. The third-order valence-corrected chi connectivity index (χ3v) is 7.22. The molecule has 0 N–H and O–H groups in total.